The van der Waals surface area contributed by atoms with Gasteiger partial charge in [-0.1, -0.05) is 6.07 Å². The van der Waals surface area contributed by atoms with Crippen LogP contribution in [0, 0.1) is 6.92 Å². The Bertz CT molecular complexity index is 509. The molecule has 1 aromatic rings. The molecule has 1 aliphatic heterocycles. The molecular formula is C17H28N4O2. The maximum atomic E-state index is 12.0. The second-order valence-corrected chi connectivity index (χ2v) is 6.10. The van der Waals surface area contributed by atoms with Crippen LogP contribution in [0.1, 0.15) is 19.0 Å². The number of aromatic nitrogens is 1. The molecule has 0 aromatic carbocycles. The van der Waals surface area contributed by atoms with Gasteiger partial charge in [0.1, 0.15) is 5.82 Å². The zero-order chi connectivity index (χ0) is 16.7. The maximum Gasteiger partial charge on any atom is 0.234 e. The lowest BCUT2D eigenvalue weighted by Gasteiger charge is -2.40. The van der Waals surface area contributed by atoms with E-state index < -0.39 is 0 Å². The van der Waals surface area contributed by atoms with Crippen LogP contribution in [0.15, 0.2) is 18.2 Å². The number of pyridine rings is 1. The summed E-state index contributed by atoms with van der Waals surface area (Å²) in [4.78, 5) is 21.1. The fourth-order valence-electron chi connectivity index (χ4n) is 2.83. The highest BCUT2D eigenvalue weighted by Gasteiger charge is 2.25. The van der Waals surface area contributed by atoms with Gasteiger partial charge in [-0.05, 0) is 32.4 Å². The molecule has 0 saturated carbocycles. The Labute approximate surface area is 138 Å². The van der Waals surface area contributed by atoms with Gasteiger partial charge in [0.25, 0.3) is 0 Å². The van der Waals surface area contributed by atoms with Gasteiger partial charge in [0, 0.05) is 51.6 Å². The third kappa shape index (κ3) is 5.48. The van der Waals surface area contributed by atoms with Crippen molar-refractivity contribution < 1.29 is 9.53 Å². The van der Waals surface area contributed by atoms with Crippen LogP contribution in [-0.2, 0) is 9.53 Å². The first kappa shape index (κ1) is 17.7. The van der Waals surface area contributed by atoms with E-state index in [-0.39, 0.29) is 5.91 Å². The summed E-state index contributed by atoms with van der Waals surface area (Å²) in [5.41, 5.74) is 1.04. The van der Waals surface area contributed by atoms with Crippen LogP contribution in [0.4, 0.5) is 5.82 Å². The minimum absolute atomic E-state index is 0.0927. The Morgan fingerprint density at radius 3 is 2.96 bits per heavy atom. The summed E-state index contributed by atoms with van der Waals surface area (Å²) in [6, 6.07) is 6.44. The number of anilines is 1. The van der Waals surface area contributed by atoms with Crippen LogP contribution in [0.3, 0.4) is 0 Å². The quantitative estimate of drug-likeness (QED) is 0.761. The summed E-state index contributed by atoms with van der Waals surface area (Å²) in [6.45, 7) is 8.67. The van der Waals surface area contributed by atoms with E-state index >= 15 is 0 Å². The van der Waals surface area contributed by atoms with E-state index in [1.165, 1.54) is 0 Å². The van der Waals surface area contributed by atoms with Gasteiger partial charge in [-0.25, -0.2) is 4.98 Å². The SMILES string of the molecule is COCCCNC(=O)CN1CCN(c2cccc(C)n2)C[C@H]1C. The number of nitrogens with one attached hydrogen (secondary N) is 1. The second-order valence-electron chi connectivity index (χ2n) is 6.10. The predicted molar refractivity (Wildman–Crippen MR) is 91.7 cm³/mol. The van der Waals surface area contributed by atoms with Gasteiger partial charge >= 0.3 is 0 Å². The molecule has 1 atom stereocenters. The minimum Gasteiger partial charge on any atom is -0.385 e. The number of carbonyl (C=O) groups is 1. The largest absolute Gasteiger partial charge is 0.385 e. The molecule has 128 valence electrons. The summed E-state index contributed by atoms with van der Waals surface area (Å²) >= 11 is 0. The molecule has 1 saturated heterocycles. The van der Waals surface area contributed by atoms with Crippen LogP contribution >= 0.6 is 0 Å². The van der Waals surface area contributed by atoms with Gasteiger partial charge in [0.2, 0.25) is 5.91 Å². The number of hydrogen-bond acceptors (Lipinski definition) is 5. The fourth-order valence-corrected chi connectivity index (χ4v) is 2.83. The lowest BCUT2D eigenvalue weighted by Crippen LogP contribution is -2.54. The number of hydrogen-bond donors (Lipinski definition) is 1. The van der Waals surface area contributed by atoms with Crippen LogP contribution in [0.5, 0.6) is 0 Å². The van der Waals surface area contributed by atoms with Crippen LogP contribution in [0.25, 0.3) is 0 Å². The molecule has 23 heavy (non-hydrogen) atoms. The van der Waals surface area contributed by atoms with Gasteiger partial charge in [-0.2, -0.15) is 0 Å². The van der Waals surface area contributed by atoms with Crippen LogP contribution in [-0.4, -0.2) is 68.3 Å². The van der Waals surface area contributed by atoms with E-state index in [4.69, 9.17) is 4.74 Å². The number of nitrogens with zero attached hydrogens (tertiary/aromatic N) is 3. The lowest BCUT2D eigenvalue weighted by atomic mass is 10.2. The molecule has 1 N–H and O–H groups in total. The highest BCUT2D eigenvalue weighted by Crippen LogP contribution is 2.17. The third-order valence-electron chi connectivity index (χ3n) is 4.16. The van der Waals surface area contributed by atoms with Crippen molar-refractivity contribution >= 4 is 11.7 Å². The Hall–Kier alpha value is -1.66. The van der Waals surface area contributed by atoms with Crippen molar-refractivity contribution in [3.8, 4) is 0 Å². The molecule has 0 radical (unpaired) electrons. The third-order valence-corrected chi connectivity index (χ3v) is 4.16. The number of rotatable bonds is 7. The van der Waals surface area contributed by atoms with Crippen molar-refractivity contribution in [3.05, 3.63) is 23.9 Å². The number of methoxy groups -OCH3 is 1. The molecular weight excluding hydrogens is 292 g/mol. The monoisotopic (exact) mass is 320 g/mol. The van der Waals surface area contributed by atoms with E-state index in [1.54, 1.807) is 7.11 Å². The van der Waals surface area contributed by atoms with Gasteiger partial charge < -0.3 is 15.0 Å². The number of piperazine rings is 1. The Balaban J connectivity index is 1.78. The highest BCUT2D eigenvalue weighted by atomic mass is 16.5. The Kier molecular flexibility index (Phi) is 6.80. The van der Waals surface area contributed by atoms with Crippen molar-refractivity contribution in [1.29, 1.82) is 0 Å². The summed E-state index contributed by atoms with van der Waals surface area (Å²) < 4.78 is 4.98. The number of aryl methyl sites for hydroxylation is 1. The molecule has 0 spiro atoms. The smallest absolute Gasteiger partial charge is 0.234 e. The van der Waals surface area contributed by atoms with Crippen molar-refractivity contribution in [2.75, 3.05) is 51.3 Å². The van der Waals surface area contributed by atoms with Crippen LogP contribution in [0.2, 0.25) is 0 Å². The molecule has 1 fully saturated rings. The van der Waals surface area contributed by atoms with Gasteiger partial charge in [0.05, 0.1) is 6.54 Å². The molecule has 1 aromatic heterocycles. The number of ether oxygens (including phenoxy) is 1. The summed E-state index contributed by atoms with van der Waals surface area (Å²) in [5.74, 6) is 1.12. The van der Waals surface area contributed by atoms with E-state index in [0.717, 1.165) is 37.6 Å². The Morgan fingerprint density at radius 2 is 2.26 bits per heavy atom. The molecule has 1 amide bonds. The molecule has 0 aliphatic carbocycles. The van der Waals surface area contributed by atoms with Gasteiger partial charge in [-0.3, -0.25) is 9.69 Å². The zero-order valence-electron chi connectivity index (χ0n) is 14.4. The maximum absolute atomic E-state index is 12.0. The first-order valence-corrected chi connectivity index (χ1v) is 8.28. The molecule has 0 unspecified atom stereocenters. The predicted octanol–water partition coefficient (Wildman–Crippen LogP) is 1.05. The highest BCUT2D eigenvalue weighted by molar-refractivity contribution is 5.78. The van der Waals surface area contributed by atoms with E-state index in [9.17, 15) is 4.79 Å². The number of carbonyl (C=O) groups excluding carboxylic acids is 1. The minimum atomic E-state index is 0.0927. The van der Waals surface area contributed by atoms with E-state index in [0.29, 0.717) is 25.7 Å². The van der Waals surface area contributed by atoms with Crippen LogP contribution < -0.4 is 10.2 Å². The van der Waals surface area contributed by atoms with Crippen molar-refractivity contribution in [2.24, 2.45) is 0 Å². The lowest BCUT2D eigenvalue weighted by molar-refractivity contribution is -0.122. The Morgan fingerprint density at radius 1 is 1.43 bits per heavy atom. The average Bonchev–Trinajstić information content (AvgIpc) is 2.53. The molecule has 6 nitrogen and oxygen atoms in total. The van der Waals surface area contributed by atoms with Crippen molar-refractivity contribution in [3.63, 3.8) is 0 Å². The van der Waals surface area contributed by atoms with Gasteiger partial charge in [-0.15, -0.1) is 0 Å². The van der Waals surface area contributed by atoms with E-state index in [2.05, 4.69) is 33.1 Å². The average molecular weight is 320 g/mol. The topological polar surface area (TPSA) is 57.7 Å². The molecule has 2 rings (SSSR count). The molecule has 0 bridgehead atoms. The number of amides is 1. The molecule has 1 aliphatic rings. The van der Waals surface area contributed by atoms with Crippen molar-refractivity contribution in [2.45, 2.75) is 26.3 Å². The summed E-state index contributed by atoms with van der Waals surface area (Å²) in [6.07, 6.45) is 0.852. The zero-order valence-corrected chi connectivity index (χ0v) is 14.4. The molecule has 2 heterocycles. The summed E-state index contributed by atoms with van der Waals surface area (Å²) in [5, 5.41) is 2.95. The van der Waals surface area contributed by atoms with Crippen molar-refractivity contribution in [1.82, 2.24) is 15.2 Å². The fraction of sp³-hybridized carbons (Fsp3) is 0.647. The summed E-state index contributed by atoms with van der Waals surface area (Å²) in [7, 11) is 1.67. The first-order valence-electron chi connectivity index (χ1n) is 8.28. The second kappa shape index (κ2) is 8.84. The molecule has 6 heteroatoms. The first-order chi connectivity index (χ1) is 11.1. The normalized spacial score (nSPS) is 18.9. The van der Waals surface area contributed by atoms with Gasteiger partial charge in [0.15, 0.2) is 0 Å². The van der Waals surface area contributed by atoms with E-state index in [1.807, 2.05) is 19.1 Å². The standard InChI is InChI=1S/C17H28N4O2/c1-14-6-4-7-16(19-14)21-10-9-20(15(2)12-21)13-17(22)18-8-5-11-23-3/h4,6-7,15H,5,8-13H2,1-3H3,(H,18,22)/t15-/m1/s1.